The Labute approximate surface area is 114 Å². The summed E-state index contributed by atoms with van der Waals surface area (Å²) in [7, 11) is 1.69. The van der Waals surface area contributed by atoms with Gasteiger partial charge in [0.05, 0.1) is 16.9 Å². The van der Waals surface area contributed by atoms with Crippen LogP contribution < -0.4 is 5.32 Å². The molecule has 1 N–H and O–H groups in total. The molecule has 1 aromatic rings. The van der Waals surface area contributed by atoms with E-state index in [4.69, 9.17) is 4.74 Å². The number of benzene rings is 1. The van der Waals surface area contributed by atoms with Crippen LogP contribution in [0, 0.1) is 11.3 Å². The van der Waals surface area contributed by atoms with Crippen molar-refractivity contribution in [1.82, 2.24) is 0 Å². The van der Waals surface area contributed by atoms with E-state index in [0.717, 1.165) is 21.9 Å². The normalized spacial score (nSPS) is 11.1. The summed E-state index contributed by atoms with van der Waals surface area (Å²) in [4.78, 5) is 1.03. The zero-order chi connectivity index (χ0) is 13.6. The molecule has 0 saturated heterocycles. The summed E-state index contributed by atoms with van der Waals surface area (Å²) in [5.74, 6) is 0.960. The van der Waals surface area contributed by atoms with Gasteiger partial charge in [0.25, 0.3) is 0 Å². The molecule has 4 heteroatoms. The van der Waals surface area contributed by atoms with Crippen molar-refractivity contribution in [2.75, 3.05) is 24.7 Å². The van der Waals surface area contributed by atoms with Gasteiger partial charge in [0.1, 0.15) is 6.07 Å². The number of methoxy groups -OCH3 is 1. The molecular weight excluding hydrogens is 244 g/mol. The lowest BCUT2D eigenvalue weighted by molar-refractivity contribution is 0.0344. The van der Waals surface area contributed by atoms with Gasteiger partial charge >= 0.3 is 0 Å². The second-order valence-electron chi connectivity index (χ2n) is 4.54. The molecule has 0 aliphatic heterocycles. The Morgan fingerprint density at radius 1 is 1.44 bits per heavy atom. The Bertz CT molecular complexity index is 438. The van der Waals surface area contributed by atoms with Gasteiger partial charge in [-0.15, -0.1) is 11.8 Å². The van der Waals surface area contributed by atoms with E-state index in [9.17, 15) is 5.26 Å². The van der Waals surface area contributed by atoms with E-state index in [1.54, 1.807) is 18.9 Å². The maximum atomic E-state index is 9.28. The first-order chi connectivity index (χ1) is 8.54. The smallest absolute Gasteiger partial charge is 0.102 e. The van der Waals surface area contributed by atoms with Crippen molar-refractivity contribution in [1.29, 1.82) is 5.26 Å². The average molecular weight is 264 g/mol. The van der Waals surface area contributed by atoms with Crippen LogP contribution in [0.2, 0.25) is 0 Å². The molecule has 0 aliphatic rings. The number of hydrogen-bond acceptors (Lipinski definition) is 4. The van der Waals surface area contributed by atoms with Crippen molar-refractivity contribution in [2.24, 2.45) is 0 Å². The number of nitrogens with zero attached hydrogens (tertiary/aromatic N) is 1. The topological polar surface area (TPSA) is 45.0 Å². The molecule has 0 aliphatic carbocycles. The van der Waals surface area contributed by atoms with Crippen molar-refractivity contribution in [3.8, 4) is 6.07 Å². The van der Waals surface area contributed by atoms with E-state index in [1.165, 1.54) is 0 Å². The van der Waals surface area contributed by atoms with E-state index < -0.39 is 0 Å². The average Bonchev–Trinajstić information content (AvgIpc) is 2.37. The van der Waals surface area contributed by atoms with Crippen LogP contribution in [-0.2, 0) is 4.74 Å². The summed E-state index contributed by atoms with van der Waals surface area (Å²) in [6, 6.07) is 8.17. The number of anilines is 1. The number of rotatable bonds is 6. The van der Waals surface area contributed by atoms with Crippen LogP contribution in [0.25, 0.3) is 0 Å². The minimum absolute atomic E-state index is 0.249. The van der Waals surface area contributed by atoms with Crippen molar-refractivity contribution >= 4 is 17.4 Å². The number of ether oxygens (including phenoxy) is 1. The molecule has 0 aromatic heterocycles. The Morgan fingerprint density at radius 2 is 2.17 bits per heavy atom. The Morgan fingerprint density at radius 3 is 2.72 bits per heavy atom. The standard InChI is InChI=1S/C14H20N2OS/c1-5-18-13-8-6-7-12(11(13)9-15)16-10-14(2,3)17-4/h6-8,16H,5,10H2,1-4H3. The second kappa shape index (κ2) is 6.67. The molecule has 0 bridgehead atoms. The molecule has 3 nitrogen and oxygen atoms in total. The lowest BCUT2D eigenvalue weighted by Crippen LogP contribution is -2.32. The van der Waals surface area contributed by atoms with Gasteiger partial charge in [-0.3, -0.25) is 0 Å². The summed E-state index contributed by atoms with van der Waals surface area (Å²) in [6.07, 6.45) is 0. The highest BCUT2D eigenvalue weighted by Gasteiger charge is 2.17. The zero-order valence-corrected chi connectivity index (χ0v) is 12.2. The van der Waals surface area contributed by atoms with Crippen molar-refractivity contribution in [3.63, 3.8) is 0 Å². The first-order valence-corrected chi connectivity index (χ1v) is 6.97. The molecule has 0 saturated carbocycles. The third-order valence-electron chi connectivity index (χ3n) is 2.70. The number of nitriles is 1. The Balaban J connectivity index is 2.89. The fourth-order valence-electron chi connectivity index (χ4n) is 1.45. The van der Waals surface area contributed by atoms with Crippen LogP contribution in [0.3, 0.4) is 0 Å². The molecular formula is C14H20N2OS. The summed E-state index contributed by atoms with van der Waals surface area (Å²) in [5.41, 5.74) is 1.35. The van der Waals surface area contributed by atoms with Crippen LogP contribution in [0.5, 0.6) is 0 Å². The number of nitrogens with one attached hydrogen (secondary N) is 1. The van der Waals surface area contributed by atoms with Crippen molar-refractivity contribution < 1.29 is 4.74 Å². The minimum atomic E-state index is -0.249. The number of thioether (sulfide) groups is 1. The fourth-order valence-corrected chi connectivity index (χ4v) is 2.24. The summed E-state index contributed by atoms with van der Waals surface area (Å²) < 4.78 is 5.36. The first kappa shape index (κ1) is 14.9. The molecule has 18 heavy (non-hydrogen) atoms. The summed E-state index contributed by atoms with van der Waals surface area (Å²) >= 11 is 1.69. The molecule has 0 heterocycles. The Kier molecular flexibility index (Phi) is 5.52. The SMILES string of the molecule is CCSc1cccc(NCC(C)(C)OC)c1C#N. The van der Waals surface area contributed by atoms with Crippen LogP contribution in [0.15, 0.2) is 23.1 Å². The van der Waals surface area contributed by atoms with Gasteiger partial charge in [-0.05, 0) is 31.7 Å². The molecule has 1 aromatic carbocycles. The molecule has 0 unspecified atom stereocenters. The Hall–Kier alpha value is -1.18. The summed E-state index contributed by atoms with van der Waals surface area (Å²) in [5, 5.41) is 12.6. The zero-order valence-electron chi connectivity index (χ0n) is 11.4. The molecule has 0 fully saturated rings. The van der Waals surface area contributed by atoms with Crippen LogP contribution in [0.4, 0.5) is 5.69 Å². The van der Waals surface area contributed by atoms with Crippen molar-refractivity contribution in [3.05, 3.63) is 23.8 Å². The summed E-state index contributed by atoms with van der Waals surface area (Å²) in [6.45, 7) is 6.77. The minimum Gasteiger partial charge on any atom is -0.381 e. The van der Waals surface area contributed by atoms with Gasteiger partial charge in [0, 0.05) is 18.6 Å². The molecule has 1 rings (SSSR count). The maximum Gasteiger partial charge on any atom is 0.102 e. The van der Waals surface area contributed by atoms with Crippen molar-refractivity contribution in [2.45, 2.75) is 31.3 Å². The van der Waals surface area contributed by atoms with Gasteiger partial charge in [-0.25, -0.2) is 0 Å². The third kappa shape index (κ3) is 3.94. The highest BCUT2D eigenvalue weighted by Crippen LogP contribution is 2.28. The fraction of sp³-hybridized carbons (Fsp3) is 0.500. The van der Waals surface area contributed by atoms with E-state index >= 15 is 0 Å². The first-order valence-electron chi connectivity index (χ1n) is 5.99. The van der Waals surface area contributed by atoms with E-state index in [2.05, 4.69) is 18.3 Å². The number of hydrogen-bond donors (Lipinski definition) is 1. The van der Waals surface area contributed by atoms with Gasteiger partial charge in [-0.1, -0.05) is 13.0 Å². The predicted octanol–water partition coefficient (Wildman–Crippen LogP) is 3.51. The monoisotopic (exact) mass is 264 g/mol. The molecule has 0 radical (unpaired) electrons. The van der Waals surface area contributed by atoms with Gasteiger partial charge < -0.3 is 10.1 Å². The van der Waals surface area contributed by atoms with E-state index in [0.29, 0.717) is 6.54 Å². The molecule has 0 amide bonds. The predicted molar refractivity (Wildman–Crippen MR) is 77.1 cm³/mol. The van der Waals surface area contributed by atoms with E-state index in [1.807, 2.05) is 32.0 Å². The van der Waals surface area contributed by atoms with Crippen LogP contribution >= 0.6 is 11.8 Å². The lowest BCUT2D eigenvalue weighted by Gasteiger charge is -2.24. The molecule has 0 atom stereocenters. The molecule has 98 valence electrons. The second-order valence-corrected chi connectivity index (χ2v) is 5.85. The van der Waals surface area contributed by atoms with Gasteiger partial charge in [0.2, 0.25) is 0 Å². The maximum absolute atomic E-state index is 9.28. The highest BCUT2D eigenvalue weighted by atomic mass is 32.2. The van der Waals surface area contributed by atoms with Gasteiger partial charge in [0.15, 0.2) is 0 Å². The quantitative estimate of drug-likeness (QED) is 0.799. The largest absolute Gasteiger partial charge is 0.381 e. The van der Waals surface area contributed by atoms with Crippen LogP contribution in [-0.4, -0.2) is 25.0 Å². The van der Waals surface area contributed by atoms with Crippen LogP contribution in [0.1, 0.15) is 26.3 Å². The lowest BCUT2D eigenvalue weighted by atomic mass is 10.1. The third-order valence-corrected chi connectivity index (χ3v) is 3.63. The van der Waals surface area contributed by atoms with E-state index in [-0.39, 0.29) is 5.60 Å². The highest BCUT2D eigenvalue weighted by molar-refractivity contribution is 7.99. The molecule has 0 spiro atoms. The van der Waals surface area contributed by atoms with Gasteiger partial charge in [-0.2, -0.15) is 5.26 Å².